The summed E-state index contributed by atoms with van der Waals surface area (Å²) in [5.74, 6) is 0.604. The van der Waals surface area contributed by atoms with E-state index >= 15 is 0 Å². The van der Waals surface area contributed by atoms with Crippen molar-refractivity contribution in [2.24, 2.45) is 5.92 Å². The van der Waals surface area contributed by atoms with Crippen molar-refractivity contribution in [2.45, 2.75) is 33.2 Å². The van der Waals surface area contributed by atoms with E-state index in [1.807, 2.05) is 43.6 Å². The van der Waals surface area contributed by atoms with Crippen LogP contribution in [0.4, 0.5) is 0 Å². The van der Waals surface area contributed by atoms with Gasteiger partial charge in [-0.15, -0.1) is 0 Å². The van der Waals surface area contributed by atoms with Crippen molar-refractivity contribution in [3.63, 3.8) is 0 Å². The van der Waals surface area contributed by atoms with Gasteiger partial charge in [-0.25, -0.2) is 0 Å². The van der Waals surface area contributed by atoms with Crippen LogP contribution < -0.4 is 0 Å². The molecule has 0 fully saturated rings. The van der Waals surface area contributed by atoms with E-state index in [1.165, 1.54) is 0 Å². The normalized spacial score (nSPS) is 11.3. The highest BCUT2D eigenvalue weighted by Crippen LogP contribution is 2.23. The SMILES string of the molecule is CC(C)CCN(C)C(=O)C=Cc1cn(CCC#N)c2ccccc12. The molecule has 4 nitrogen and oxygen atoms in total. The third-order valence-corrected chi connectivity index (χ3v) is 4.11. The Kier molecular flexibility index (Phi) is 6.20. The molecule has 126 valence electrons. The van der Waals surface area contributed by atoms with Crippen molar-refractivity contribution in [1.29, 1.82) is 5.26 Å². The van der Waals surface area contributed by atoms with Crippen LogP contribution in [-0.4, -0.2) is 29.0 Å². The predicted octanol–water partition coefficient (Wildman–Crippen LogP) is 4.07. The van der Waals surface area contributed by atoms with Crippen LogP contribution in [0.3, 0.4) is 0 Å². The highest BCUT2D eigenvalue weighted by atomic mass is 16.2. The molecule has 0 bridgehead atoms. The lowest BCUT2D eigenvalue weighted by Crippen LogP contribution is -2.26. The summed E-state index contributed by atoms with van der Waals surface area (Å²) in [6, 6.07) is 10.2. The lowest BCUT2D eigenvalue weighted by Gasteiger charge is -2.16. The monoisotopic (exact) mass is 323 g/mol. The Bertz CT molecular complexity index is 765. The van der Waals surface area contributed by atoms with Gasteiger partial charge in [-0.05, 0) is 24.5 Å². The van der Waals surface area contributed by atoms with Crippen molar-refractivity contribution in [3.05, 3.63) is 42.1 Å². The van der Waals surface area contributed by atoms with E-state index in [0.29, 0.717) is 18.9 Å². The highest BCUT2D eigenvalue weighted by Gasteiger charge is 2.08. The summed E-state index contributed by atoms with van der Waals surface area (Å²) in [5, 5.41) is 9.91. The number of hydrogen-bond donors (Lipinski definition) is 0. The fourth-order valence-corrected chi connectivity index (χ4v) is 2.61. The second-order valence-corrected chi connectivity index (χ2v) is 6.48. The molecular formula is C20H25N3O. The molecule has 0 unspecified atom stereocenters. The van der Waals surface area contributed by atoms with Gasteiger partial charge in [-0.1, -0.05) is 32.0 Å². The van der Waals surface area contributed by atoms with Crippen molar-refractivity contribution in [3.8, 4) is 6.07 Å². The minimum absolute atomic E-state index is 0.0181. The van der Waals surface area contributed by atoms with Crippen LogP contribution in [0, 0.1) is 17.2 Å². The summed E-state index contributed by atoms with van der Waals surface area (Å²) in [6.45, 7) is 5.74. The number of likely N-dealkylation sites (N-methyl/N-ethyl adjacent to an activating group) is 1. The Labute approximate surface area is 144 Å². The number of hydrogen-bond acceptors (Lipinski definition) is 2. The van der Waals surface area contributed by atoms with E-state index < -0.39 is 0 Å². The van der Waals surface area contributed by atoms with Crippen LogP contribution in [0.2, 0.25) is 0 Å². The summed E-state index contributed by atoms with van der Waals surface area (Å²) in [5.41, 5.74) is 2.10. The van der Waals surface area contributed by atoms with Crippen LogP contribution in [-0.2, 0) is 11.3 Å². The number of aromatic nitrogens is 1. The molecule has 0 N–H and O–H groups in total. The number of fused-ring (bicyclic) bond motifs is 1. The van der Waals surface area contributed by atoms with Crippen molar-refractivity contribution < 1.29 is 4.79 Å². The van der Waals surface area contributed by atoms with E-state index in [9.17, 15) is 4.79 Å². The predicted molar refractivity (Wildman–Crippen MR) is 98.3 cm³/mol. The van der Waals surface area contributed by atoms with E-state index in [4.69, 9.17) is 5.26 Å². The maximum absolute atomic E-state index is 12.2. The first-order valence-electron chi connectivity index (χ1n) is 8.41. The largest absolute Gasteiger partial charge is 0.346 e. The number of rotatable bonds is 7. The number of carbonyl (C=O) groups is 1. The summed E-state index contributed by atoms with van der Waals surface area (Å²) in [7, 11) is 1.84. The molecule has 4 heteroatoms. The van der Waals surface area contributed by atoms with Gasteiger partial charge < -0.3 is 9.47 Å². The molecule has 2 rings (SSSR count). The first-order chi connectivity index (χ1) is 11.5. The van der Waals surface area contributed by atoms with Crippen LogP contribution >= 0.6 is 0 Å². The zero-order valence-corrected chi connectivity index (χ0v) is 14.7. The number of benzene rings is 1. The molecule has 1 aromatic heterocycles. The Morgan fingerprint density at radius 2 is 2.12 bits per heavy atom. The lowest BCUT2D eigenvalue weighted by molar-refractivity contribution is -0.124. The molecule has 0 aliphatic heterocycles. The van der Waals surface area contributed by atoms with E-state index in [0.717, 1.165) is 29.4 Å². The first-order valence-corrected chi connectivity index (χ1v) is 8.41. The third-order valence-electron chi connectivity index (χ3n) is 4.11. The van der Waals surface area contributed by atoms with E-state index in [1.54, 1.807) is 11.0 Å². The summed E-state index contributed by atoms with van der Waals surface area (Å²) < 4.78 is 2.07. The molecule has 1 heterocycles. The van der Waals surface area contributed by atoms with Gasteiger partial charge in [-0.3, -0.25) is 4.79 Å². The Hall–Kier alpha value is -2.54. The maximum atomic E-state index is 12.2. The topological polar surface area (TPSA) is 49.0 Å². The van der Waals surface area contributed by atoms with Gasteiger partial charge in [0.25, 0.3) is 0 Å². The van der Waals surface area contributed by atoms with Gasteiger partial charge in [0.2, 0.25) is 5.91 Å². The van der Waals surface area contributed by atoms with Gasteiger partial charge >= 0.3 is 0 Å². The Balaban J connectivity index is 2.17. The lowest BCUT2D eigenvalue weighted by atomic mass is 10.1. The quantitative estimate of drug-likeness (QED) is 0.721. The smallest absolute Gasteiger partial charge is 0.246 e. The fraction of sp³-hybridized carbons (Fsp3) is 0.400. The number of carbonyl (C=O) groups excluding carboxylic acids is 1. The molecule has 2 aromatic rings. The van der Waals surface area contributed by atoms with Gasteiger partial charge in [0.15, 0.2) is 0 Å². The summed E-state index contributed by atoms with van der Waals surface area (Å²) >= 11 is 0. The molecule has 24 heavy (non-hydrogen) atoms. The second-order valence-electron chi connectivity index (χ2n) is 6.48. The van der Waals surface area contributed by atoms with Crippen LogP contribution in [0.25, 0.3) is 17.0 Å². The molecular weight excluding hydrogens is 298 g/mol. The minimum atomic E-state index is 0.0181. The Morgan fingerprint density at radius 3 is 2.83 bits per heavy atom. The van der Waals surface area contributed by atoms with Crippen LogP contribution in [0.1, 0.15) is 32.3 Å². The van der Waals surface area contributed by atoms with Crippen molar-refractivity contribution in [2.75, 3.05) is 13.6 Å². The van der Waals surface area contributed by atoms with Crippen molar-refractivity contribution in [1.82, 2.24) is 9.47 Å². The average molecular weight is 323 g/mol. The zero-order chi connectivity index (χ0) is 17.5. The molecule has 0 atom stereocenters. The van der Waals surface area contributed by atoms with Gasteiger partial charge in [0.1, 0.15) is 0 Å². The van der Waals surface area contributed by atoms with E-state index in [2.05, 4.69) is 24.5 Å². The van der Waals surface area contributed by atoms with Crippen LogP contribution in [0.5, 0.6) is 0 Å². The van der Waals surface area contributed by atoms with Gasteiger partial charge in [0.05, 0.1) is 12.5 Å². The zero-order valence-electron chi connectivity index (χ0n) is 14.7. The standard InChI is InChI=1S/C20H25N3O/c1-16(2)11-14-22(3)20(24)10-9-17-15-23(13-6-12-21)19-8-5-4-7-18(17)19/h4-5,7-10,15-16H,6,11,13-14H2,1-3H3. The molecule has 0 radical (unpaired) electrons. The minimum Gasteiger partial charge on any atom is -0.346 e. The summed E-state index contributed by atoms with van der Waals surface area (Å²) in [6.07, 6.45) is 7.00. The van der Waals surface area contributed by atoms with Gasteiger partial charge in [0, 0.05) is 48.9 Å². The highest BCUT2D eigenvalue weighted by molar-refractivity contribution is 5.96. The molecule has 1 amide bonds. The van der Waals surface area contributed by atoms with Crippen molar-refractivity contribution >= 4 is 22.9 Å². The molecule has 0 saturated carbocycles. The fourth-order valence-electron chi connectivity index (χ4n) is 2.61. The molecule has 0 aliphatic rings. The number of amides is 1. The average Bonchev–Trinajstić information content (AvgIpc) is 2.93. The molecule has 0 saturated heterocycles. The number of para-hydroxylation sites is 1. The van der Waals surface area contributed by atoms with Crippen LogP contribution in [0.15, 0.2) is 36.5 Å². The first kappa shape index (κ1) is 17.8. The molecule has 0 aliphatic carbocycles. The number of nitrogens with zero attached hydrogens (tertiary/aromatic N) is 3. The number of aryl methyl sites for hydroxylation is 1. The second kappa shape index (κ2) is 8.35. The Morgan fingerprint density at radius 1 is 1.38 bits per heavy atom. The molecule has 1 aromatic carbocycles. The van der Waals surface area contributed by atoms with Gasteiger partial charge in [-0.2, -0.15) is 5.26 Å². The molecule has 0 spiro atoms. The maximum Gasteiger partial charge on any atom is 0.246 e. The third kappa shape index (κ3) is 4.48. The number of nitriles is 1. The van der Waals surface area contributed by atoms with E-state index in [-0.39, 0.29) is 5.91 Å². The summed E-state index contributed by atoms with van der Waals surface area (Å²) in [4.78, 5) is 14.0.